The average molecular weight is 629 g/mol. The lowest BCUT2D eigenvalue weighted by molar-refractivity contribution is -0.777. The van der Waals surface area contributed by atoms with Crippen molar-refractivity contribution in [2.75, 3.05) is 48.5 Å². The molecule has 0 atom stereocenters. The van der Waals surface area contributed by atoms with Crippen LogP contribution in [0, 0.1) is 0 Å². The van der Waals surface area contributed by atoms with E-state index in [9.17, 15) is 23.0 Å². The van der Waals surface area contributed by atoms with E-state index in [1.807, 2.05) is 104 Å². The summed E-state index contributed by atoms with van der Waals surface area (Å²) in [5, 5.41) is 13.1. The van der Waals surface area contributed by atoms with Gasteiger partial charge in [-0.3, -0.25) is 9.83 Å². The van der Waals surface area contributed by atoms with E-state index in [0.29, 0.717) is 25.1 Å². The molecule has 234 valence electrons. The van der Waals surface area contributed by atoms with Gasteiger partial charge in [0, 0.05) is 73.3 Å². The average Bonchev–Trinajstić information content (AvgIpc) is 3.31. The summed E-state index contributed by atoms with van der Waals surface area (Å²) in [5.41, 5.74) is 5.61. The Labute approximate surface area is 260 Å². The lowest BCUT2D eigenvalue weighted by Gasteiger charge is -2.19. The summed E-state index contributed by atoms with van der Waals surface area (Å²) in [4.78, 5) is 16.8. The molecule has 0 aliphatic heterocycles. The Hall–Kier alpha value is -3.19. The highest BCUT2D eigenvalue weighted by molar-refractivity contribution is 7.94. The molecule has 43 heavy (non-hydrogen) atoms. The van der Waals surface area contributed by atoms with Crippen molar-refractivity contribution < 1.29 is 32.4 Å². The smallest absolute Gasteiger partial charge is 0.185 e. The summed E-state index contributed by atoms with van der Waals surface area (Å²) < 4.78 is 36.6. The SMILES string of the molecule is C.CN(CCCSOO[O-])c1ccc(C=CC=C2CCC(=CC=Cc3ccc(N(C)CCCS(=O)(=O)[O-])cc3)C2=O)cc1. The molecule has 2 aromatic rings. The number of hydrogen-bond donors (Lipinski definition) is 0. The van der Waals surface area contributed by atoms with E-state index < -0.39 is 10.1 Å². The Morgan fingerprint density at radius 3 is 1.74 bits per heavy atom. The van der Waals surface area contributed by atoms with E-state index in [1.54, 1.807) is 0 Å². The van der Waals surface area contributed by atoms with Crippen LogP contribution in [0.3, 0.4) is 0 Å². The molecule has 1 fully saturated rings. The first-order valence-electron chi connectivity index (χ1n) is 13.6. The molecule has 0 bridgehead atoms. The van der Waals surface area contributed by atoms with Gasteiger partial charge in [-0.1, -0.05) is 68.1 Å². The van der Waals surface area contributed by atoms with E-state index in [4.69, 9.17) is 0 Å². The van der Waals surface area contributed by atoms with Gasteiger partial charge in [-0.05, 0) is 61.1 Å². The normalized spacial score (nSPS) is 15.6. The molecule has 0 spiro atoms. The molecule has 0 N–H and O–H groups in total. The monoisotopic (exact) mass is 628 g/mol. The van der Waals surface area contributed by atoms with Crippen molar-refractivity contribution in [3.63, 3.8) is 0 Å². The van der Waals surface area contributed by atoms with Crippen LogP contribution in [0.15, 0.2) is 84.0 Å². The maximum Gasteiger partial charge on any atom is 0.185 e. The van der Waals surface area contributed by atoms with Gasteiger partial charge in [0.1, 0.15) is 0 Å². The summed E-state index contributed by atoms with van der Waals surface area (Å²) >= 11 is 0.992. The number of carbonyl (C=O) groups is 1. The zero-order valence-electron chi connectivity index (χ0n) is 23.8. The van der Waals surface area contributed by atoms with Crippen molar-refractivity contribution in [1.29, 1.82) is 0 Å². The standard InChI is InChI=1S/C31H38N2O7S2.CH4/c1-32(21-5-23-41-40-39-35)29-17-11-25(12-18-29)7-3-9-27-15-16-28(31(27)34)10-4-8-26-13-19-30(20-14-26)33(2)22-6-24-42(36,37)38;/h3-4,7-14,17-20,35H,5-6,15-16,21-24H2,1-2H3,(H,36,37,38);1H4/p-2. The van der Waals surface area contributed by atoms with Gasteiger partial charge in [0.2, 0.25) is 0 Å². The summed E-state index contributed by atoms with van der Waals surface area (Å²) in [6.07, 6.45) is 14.0. The minimum atomic E-state index is -4.19. The van der Waals surface area contributed by atoms with Crippen molar-refractivity contribution in [2.45, 2.75) is 33.1 Å². The second kappa shape index (κ2) is 18.5. The largest absolute Gasteiger partial charge is 0.748 e. The van der Waals surface area contributed by atoms with Gasteiger partial charge in [-0.25, -0.2) is 8.42 Å². The lowest BCUT2D eigenvalue weighted by Crippen LogP contribution is -2.21. The fourth-order valence-electron chi connectivity index (χ4n) is 4.40. The van der Waals surface area contributed by atoms with Crippen LogP contribution < -0.4 is 15.1 Å². The minimum absolute atomic E-state index is 0. The van der Waals surface area contributed by atoms with Crippen molar-refractivity contribution >= 4 is 51.5 Å². The first-order chi connectivity index (χ1) is 20.2. The maximum absolute atomic E-state index is 12.8. The first-order valence-corrected chi connectivity index (χ1v) is 16.1. The van der Waals surface area contributed by atoms with Crippen LogP contribution in [0.2, 0.25) is 0 Å². The lowest BCUT2D eigenvalue weighted by atomic mass is 10.1. The molecular weight excluding hydrogens is 588 g/mol. The topological polar surface area (TPSA) is 122 Å². The number of rotatable bonds is 16. The molecule has 0 saturated heterocycles. The third kappa shape index (κ3) is 12.9. The van der Waals surface area contributed by atoms with Gasteiger partial charge in [0.15, 0.2) is 5.78 Å². The number of carbonyl (C=O) groups excluding carboxylic acids is 1. The molecule has 0 heterocycles. The minimum Gasteiger partial charge on any atom is -0.748 e. The van der Waals surface area contributed by atoms with Crippen LogP contribution >= 0.6 is 12.0 Å². The third-order valence-corrected chi connectivity index (χ3v) is 8.17. The Kier molecular flexibility index (Phi) is 15.5. The quantitative estimate of drug-likeness (QED) is 0.0602. The van der Waals surface area contributed by atoms with Gasteiger partial charge >= 0.3 is 0 Å². The van der Waals surface area contributed by atoms with Crippen molar-refractivity contribution in [3.8, 4) is 0 Å². The molecule has 0 unspecified atom stereocenters. The van der Waals surface area contributed by atoms with Crippen LogP contribution in [0.1, 0.15) is 44.2 Å². The summed E-state index contributed by atoms with van der Waals surface area (Å²) in [7, 11) is -0.333. The number of Topliss-reactive ketones (excluding diaryl/α,β-unsaturated/α-hetero) is 1. The van der Waals surface area contributed by atoms with Gasteiger partial charge < -0.3 is 19.6 Å². The van der Waals surface area contributed by atoms with Crippen LogP contribution in [-0.4, -0.2) is 57.4 Å². The van der Waals surface area contributed by atoms with E-state index in [1.165, 1.54) is 0 Å². The molecule has 9 nitrogen and oxygen atoms in total. The Morgan fingerprint density at radius 1 is 0.837 bits per heavy atom. The fraction of sp³-hybridized carbons (Fsp3) is 0.344. The van der Waals surface area contributed by atoms with Crippen molar-refractivity contribution in [1.82, 2.24) is 0 Å². The van der Waals surface area contributed by atoms with Crippen LogP contribution in [-0.2, 0) is 24.3 Å². The first kappa shape index (κ1) is 36.0. The molecule has 1 aliphatic rings. The molecule has 11 heteroatoms. The van der Waals surface area contributed by atoms with E-state index in [0.717, 1.165) is 58.7 Å². The highest BCUT2D eigenvalue weighted by Crippen LogP contribution is 2.26. The molecule has 0 radical (unpaired) electrons. The van der Waals surface area contributed by atoms with Crippen LogP contribution in [0.25, 0.3) is 12.2 Å². The number of anilines is 2. The third-order valence-electron chi connectivity index (χ3n) is 6.77. The molecular formula is C32H40N2O7S2-2. The number of allylic oxidation sites excluding steroid dienone is 6. The Bertz CT molecular complexity index is 1380. The number of benzene rings is 2. The molecule has 1 aliphatic carbocycles. The predicted molar refractivity (Wildman–Crippen MR) is 173 cm³/mol. The van der Waals surface area contributed by atoms with Crippen molar-refractivity contribution in [2.24, 2.45) is 0 Å². The van der Waals surface area contributed by atoms with Crippen LogP contribution in [0.5, 0.6) is 0 Å². The summed E-state index contributed by atoms with van der Waals surface area (Å²) in [5.74, 6) is 0.363. The van der Waals surface area contributed by atoms with E-state index >= 15 is 0 Å². The zero-order chi connectivity index (χ0) is 30.4. The van der Waals surface area contributed by atoms with Gasteiger partial charge in [0.05, 0.1) is 10.1 Å². The highest BCUT2D eigenvalue weighted by Gasteiger charge is 2.21. The molecule has 3 rings (SSSR count). The Balaban J connectivity index is 0.00000645. The van der Waals surface area contributed by atoms with Crippen LogP contribution in [0.4, 0.5) is 11.4 Å². The number of hydrogen-bond acceptors (Lipinski definition) is 10. The van der Waals surface area contributed by atoms with Gasteiger partial charge in [0.25, 0.3) is 0 Å². The second-order valence-corrected chi connectivity index (χ2v) is 12.2. The second-order valence-electron chi connectivity index (χ2n) is 9.88. The predicted octanol–water partition coefficient (Wildman–Crippen LogP) is 5.33. The van der Waals surface area contributed by atoms with Gasteiger partial charge in [-0.2, -0.15) is 4.33 Å². The molecule has 1 saturated carbocycles. The highest BCUT2D eigenvalue weighted by atomic mass is 32.2. The van der Waals surface area contributed by atoms with Crippen molar-refractivity contribution in [3.05, 3.63) is 95.1 Å². The molecule has 0 amide bonds. The number of ketones is 1. The van der Waals surface area contributed by atoms with E-state index in [2.05, 4.69) is 14.3 Å². The summed E-state index contributed by atoms with van der Waals surface area (Å²) in [6, 6.07) is 15.9. The number of nitrogens with zero attached hydrogens (tertiary/aromatic N) is 2. The Morgan fingerprint density at radius 2 is 1.30 bits per heavy atom. The van der Waals surface area contributed by atoms with Gasteiger partial charge in [-0.15, -0.1) is 0 Å². The fourth-order valence-corrected chi connectivity index (χ4v) is 5.24. The van der Waals surface area contributed by atoms with E-state index in [-0.39, 0.29) is 25.4 Å². The molecule has 2 aromatic carbocycles. The zero-order valence-corrected chi connectivity index (χ0v) is 25.4. The summed E-state index contributed by atoms with van der Waals surface area (Å²) in [6.45, 7) is 1.29. The molecule has 0 aromatic heterocycles. The maximum atomic E-state index is 12.8.